The van der Waals surface area contributed by atoms with Gasteiger partial charge < -0.3 is 24.8 Å². The second kappa shape index (κ2) is 7.00. The first kappa shape index (κ1) is 17.5. The Balaban J connectivity index is 1.37. The number of fused-ring (bicyclic) bond motifs is 1. The van der Waals surface area contributed by atoms with Gasteiger partial charge in [-0.25, -0.2) is 0 Å². The molecule has 2 N–H and O–H groups in total. The van der Waals surface area contributed by atoms with Crippen LogP contribution in [0.5, 0.6) is 17.2 Å². The molecule has 8 heteroatoms. The average Bonchev–Trinajstić information content (AvgIpc) is 3.33. The van der Waals surface area contributed by atoms with Gasteiger partial charge >= 0.3 is 0 Å². The molecule has 2 aliphatic rings. The van der Waals surface area contributed by atoms with Crippen LogP contribution < -0.4 is 24.8 Å². The lowest BCUT2D eigenvalue weighted by Crippen LogP contribution is -2.20. The first-order valence-electron chi connectivity index (χ1n) is 8.40. The summed E-state index contributed by atoms with van der Waals surface area (Å²) in [7, 11) is 1.51. The molecule has 1 aliphatic carbocycles. The molecule has 0 saturated heterocycles. The monoisotopic (exact) mass is 388 g/mol. The van der Waals surface area contributed by atoms with E-state index in [-0.39, 0.29) is 30.4 Å². The van der Waals surface area contributed by atoms with Crippen molar-refractivity contribution in [3.8, 4) is 17.2 Å². The summed E-state index contributed by atoms with van der Waals surface area (Å²) in [6.45, 7) is 0.171. The SMILES string of the molecule is COc1ccc(Cl)cc1NC(=O)C1CC1C(=O)Nc1ccc2c(c1)OCO2. The number of ether oxygens (including phenoxy) is 3. The highest BCUT2D eigenvalue weighted by Crippen LogP contribution is 2.42. The lowest BCUT2D eigenvalue weighted by molar-refractivity contribution is -0.122. The lowest BCUT2D eigenvalue weighted by atomic mass is 10.2. The maximum Gasteiger partial charge on any atom is 0.231 e. The number of hydrogen-bond acceptors (Lipinski definition) is 5. The fraction of sp³-hybridized carbons (Fsp3) is 0.263. The number of carbonyl (C=O) groups is 2. The van der Waals surface area contributed by atoms with E-state index in [1.165, 1.54) is 7.11 Å². The van der Waals surface area contributed by atoms with Gasteiger partial charge in [0.1, 0.15) is 5.75 Å². The van der Waals surface area contributed by atoms with Crippen molar-refractivity contribution >= 4 is 34.8 Å². The van der Waals surface area contributed by atoms with E-state index in [0.717, 1.165) is 0 Å². The molecule has 1 fully saturated rings. The van der Waals surface area contributed by atoms with E-state index in [4.69, 9.17) is 25.8 Å². The van der Waals surface area contributed by atoms with Crippen LogP contribution in [0.25, 0.3) is 0 Å². The van der Waals surface area contributed by atoms with Gasteiger partial charge in [-0.05, 0) is 36.8 Å². The van der Waals surface area contributed by atoms with E-state index in [1.54, 1.807) is 36.4 Å². The molecule has 2 amide bonds. The zero-order valence-corrected chi connectivity index (χ0v) is 15.2. The quantitative estimate of drug-likeness (QED) is 0.820. The molecule has 2 aromatic rings. The van der Waals surface area contributed by atoms with E-state index >= 15 is 0 Å². The van der Waals surface area contributed by atoms with Gasteiger partial charge in [-0.1, -0.05) is 11.6 Å². The van der Waals surface area contributed by atoms with E-state index < -0.39 is 0 Å². The molecular weight excluding hydrogens is 372 g/mol. The number of anilines is 2. The summed E-state index contributed by atoms with van der Waals surface area (Å²) in [5.41, 5.74) is 1.09. The van der Waals surface area contributed by atoms with E-state index in [2.05, 4.69) is 10.6 Å². The van der Waals surface area contributed by atoms with Crippen LogP contribution in [-0.2, 0) is 9.59 Å². The van der Waals surface area contributed by atoms with E-state index in [9.17, 15) is 9.59 Å². The molecule has 2 unspecified atom stereocenters. The summed E-state index contributed by atoms with van der Waals surface area (Å²) in [6.07, 6.45) is 0.491. The molecule has 0 bridgehead atoms. The third-order valence-electron chi connectivity index (χ3n) is 4.52. The number of rotatable bonds is 5. The minimum absolute atomic E-state index is 0.171. The first-order valence-corrected chi connectivity index (χ1v) is 8.78. The maximum absolute atomic E-state index is 12.4. The molecule has 2 aromatic carbocycles. The predicted molar refractivity (Wildman–Crippen MR) is 99.4 cm³/mol. The Morgan fingerprint density at radius 3 is 2.56 bits per heavy atom. The van der Waals surface area contributed by atoms with Gasteiger partial charge in [0.15, 0.2) is 11.5 Å². The van der Waals surface area contributed by atoms with Crippen LogP contribution in [0.1, 0.15) is 6.42 Å². The van der Waals surface area contributed by atoms with Crippen molar-refractivity contribution in [1.29, 1.82) is 0 Å². The number of hydrogen-bond donors (Lipinski definition) is 2. The molecule has 4 rings (SSSR count). The van der Waals surface area contributed by atoms with Gasteiger partial charge in [0, 0.05) is 16.8 Å². The standard InChI is InChI=1S/C19H17ClN2O5/c1-25-15-4-2-10(20)6-14(15)22-19(24)13-8-12(13)18(23)21-11-3-5-16-17(7-11)27-9-26-16/h2-7,12-13H,8-9H2,1H3,(H,21,23)(H,22,24). The van der Waals surface area contributed by atoms with E-state index in [0.29, 0.717) is 40.1 Å². The number of amides is 2. The van der Waals surface area contributed by atoms with Gasteiger partial charge in [-0.15, -0.1) is 0 Å². The fourth-order valence-electron chi connectivity index (χ4n) is 2.99. The minimum atomic E-state index is -0.386. The summed E-state index contributed by atoms with van der Waals surface area (Å²) in [4.78, 5) is 24.9. The van der Waals surface area contributed by atoms with Crippen molar-refractivity contribution in [2.75, 3.05) is 24.5 Å². The van der Waals surface area contributed by atoms with Gasteiger partial charge in [0.2, 0.25) is 18.6 Å². The molecule has 1 aliphatic heterocycles. The Bertz CT molecular complexity index is 917. The Morgan fingerprint density at radius 1 is 1.04 bits per heavy atom. The molecule has 1 heterocycles. The van der Waals surface area contributed by atoms with Crippen LogP contribution in [0, 0.1) is 11.8 Å². The maximum atomic E-state index is 12.4. The smallest absolute Gasteiger partial charge is 0.231 e. The molecule has 0 aromatic heterocycles. The van der Waals surface area contributed by atoms with Crippen molar-refractivity contribution in [3.05, 3.63) is 41.4 Å². The van der Waals surface area contributed by atoms with Gasteiger partial charge in [0.05, 0.1) is 24.6 Å². The van der Waals surface area contributed by atoms with Crippen LogP contribution in [0.2, 0.25) is 5.02 Å². The van der Waals surface area contributed by atoms with Gasteiger partial charge in [-0.2, -0.15) is 0 Å². The molecular formula is C19H17ClN2O5. The summed E-state index contributed by atoms with van der Waals surface area (Å²) < 4.78 is 15.8. The van der Waals surface area contributed by atoms with Crippen LogP contribution in [0.3, 0.4) is 0 Å². The topological polar surface area (TPSA) is 85.9 Å². The molecule has 7 nitrogen and oxygen atoms in total. The Kier molecular flexibility index (Phi) is 4.53. The first-order chi connectivity index (χ1) is 13.0. The Labute approximate surface area is 160 Å². The molecule has 2 atom stereocenters. The van der Waals surface area contributed by atoms with Crippen LogP contribution in [0.15, 0.2) is 36.4 Å². The van der Waals surface area contributed by atoms with Crippen molar-refractivity contribution in [3.63, 3.8) is 0 Å². The van der Waals surface area contributed by atoms with Crippen molar-refractivity contribution in [2.24, 2.45) is 11.8 Å². The van der Waals surface area contributed by atoms with Gasteiger partial charge in [0.25, 0.3) is 0 Å². The number of carbonyl (C=O) groups excluding carboxylic acids is 2. The summed E-state index contributed by atoms with van der Waals surface area (Å²) in [5.74, 6) is 0.546. The number of nitrogens with one attached hydrogen (secondary N) is 2. The van der Waals surface area contributed by atoms with Crippen molar-refractivity contribution in [2.45, 2.75) is 6.42 Å². The number of benzene rings is 2. The predicted octanol–water partition coefficient (Wildman–Crippen LogP) is 3.29. The number of methoxy groups -OCH3 is 1. The number of halogens is 1. The summed E-state index contributed by atoms with van der Waals surface area (Å²) in [6, 6.07) is 10.1. The molecule has 0 radical (unpaired) electrons. The second-order valence-corrected chi connectivity index (χ2v) is 6.78. The highest BCUT2D eigenvalue weighted by molar-refractivity contribution is 6.31. The van der Waals surface area contributed by atoms with Crippen molar-refractivity contribution < 1.29 is 23.8 Å². The zero-order valence-electron chi connectivity index (χ0n) is 14.5. The van der Waals surface area contributed by atoms with E-state index in [1.807, 2.05) is 0 Å². The van der Waals surface area contributed by atoms with Crippen LogP contribution in [0.4, 0.5) is 11.4 Å². The third kappa shape index (κ3) is 3.64. The molecule has 0 spiro atoms. The van der Waals surface area contributed by atoms with Gasteiger partial charge in [-0.3, -0.25) is 9.59 Å². The Hall–Kier alpha value is -2.93. The van der Waals surface area contributed by atoms with Crippen LogP contribution in [-0.4, -0.2) is 25.7 Å². The molecule has 140 valence electrons. The molecule has 1 saturated carbocycles. The van der Waals surface area contributed by atoms with Crippen LogP contribution >= 0.6 is 11.6 Å². The Morgan fingerprint density at radius 2 is 1.78 bits per heavy atom. The molecule has 27 heavy (non-hydrogen) atoms. The van der Waals surface area contributed by atoms with Crippen molar-refractivity contribution in [1.82, 2.24) is 0 Å². The average molecular weight is 389 g/mol. The highest BCUT2D eigenvalue weighted by atomic mass is 35.5. The minimum Gasteiger partial charge on any atom is -0.495 e. The summed E-state index contributed by atoms with van der Waals surface area (Å²) in [5, 5.41) is 6.08. The fourth-order valence-corrected chi connectivity index (χ4v) is 3.16. The largest absolute Gasteiger partial charge is 0.495 e. The lowest BCUT2D eigenvalue weighted by Gasteiger charge is -2.10. The summed E-state index contributed by atoms with van der Waals surface area (Å²) >= 11 is 5.97. The second-order valence-electron chi connectivity index (χ2n) is 6.34. The normalized spacial score (nSPS) is 19.3. The third-order valence-corrected chi connectivity index (χ3v) is 4.76. The zero-order chi connectivity index (χ0) is 19.0. The highest BCUT2D eigenvalue weighted by Gasteiger charge is 2.48.